The van der Waals surface area contributed by atoms with Gasteiger partial charge in [0.05, 0.1) is 29.0 Å². The molecule has 0 radical (unpaired) electrons. The summed E-state index contributed by atoms with van der Waals surface area (Å²) < 4.78 is 22.9. The van der Waals surface area contributed by atoms with Crippen molar-refractivity contribution >= 4 is 35.3 Å². The molecule has 11 heteroatoms. The molecule has 2 aromatic carbocycles. The van der Waals surface area contributed by atoms with Crippen LogP contribution < -0.4 is 29.1 Å². The minimum absolute atomic E-state index is 0.0276. The molecule has 1 aliphatic heterocycles. The Morgan fingerprint density at radius 3 is 2.50 bits per heavy atom. The van der Waals surface area contributed by atoms with Gasteiger partial charge in [-0.3, -0.25) is 19.0 Å². The summed E-state index contributed by atoms with van der Waals surface area (Å²) in [4.78, 5) is 54.9. The zero-order valence-electron chi connectivity index (χ0n) is 22.3. The zero-order valence-corrected chi connectivity index (χ0v) is 23.1. The number of carbonyl (C=O) groups excluding carboxylic acids is 3. The Balaban J connectivity index is 1.91. The topological polar surface area (TPSA) is 122 Å². The fourth-order valence-corrected chi connectivity index (χ4v) is 5.24. The van der Waals surface area contributed by atoms with Crippen molar-refractivity contribution in [1.82, 2.24) is 4.57 Å². The van der Waals surface area contributed by atoms with Gasteiger partial charge >= 0.3 is 17.9 Å². The maximum atomic E-state index is 13.8. The number of hydrogen-bond donors (Lipinski definition) is 0. The quantitative estimate of drug-likeness (QED) is 0.233. The van der Waals surface area contributed by atoms with Gasteiger partial charge in [0.1, 0.15) is 12.4 Å². The summed E-state index contributed by atoms with van der Waals surface area (Å²) in [5.41, 5.74) is 1.30. The molecule has 0 fully saturated rings. The molecule has 10 nitrogen and oxygen atoms in total. The number of carbonyl (C=O) groups is 3. The lowest BCUT2D eigenvalue weighted by Crippen LogP contribution is -2.40. The van der Waals surface area contributed by atoms with Crippen LogP contribution >= 0.6 is 11.3 Å². The SMILES string of the molecule is C=CCOC(=O)C1=C(C)N=c2s/c(=C\c3cccc(OC(C)=O)c3)c(=O)n2C1c1ccc(OC(C)=O)c(OC)c1. The molecule has 0 saturated carbocycles. The van der Waals surface area contributed by atoms with Crippen LogP contribution in [0.3, 0.4) is 0 Å². The number of esters is 3. The van der Waals surface area contributed by atoms with Crippen LogP contribution in [0.15, 0.2) is 76.2 Å². The molecule has 206 valence electrons. The van der Waals surface area contributed by atoms with Crippen molar-refractivity contribution in [2.24, 2.45) is 4.99 Å². The van der Waals surface area contributed by atoms with Crippen molar-refractivity contribution in [1.29, 1.82) is 0 Å². The first-order valence-corrected chi connectivity index (χ1v) is 12.9. The molecule has 1 unspecified atom stereocenters. The molecule has 2 heterocycles. The first-order chi connectivity index (χ1) is 19.1. The predicted molar refractivity (Wildman–Crippen MR) is 147 cm³/mol. The lowest BCUT2D eigenvalue weighted by Gasteiger charge is -2.25. The summed E-state index contributed by atoms with van der Waals surface area (Å²) in [7, 11) is 1.42. The maximum absolute atomic E-state index is 13.8. The first kappa shape index (κ1) is 28.2. The lowest BCUT2D eigenvalue weighted by atomic mass is 9.95. The second-order valence-corrected chi connectivity index (χ2v) is 9.65. The number of allylic oxidation sites excluding steroid dienone is 1. The van der Waals surface area contributed by atoms with Crippen LogP contribution in [0.25, 0.3) is 6.08 Å². The molecular formula is C29H26N2O8S. The average Bonchev–Trinajstić information content (AvgIpc) is 3.20. The highest BCUT2D eigenvalue weighted by Crippen LogP contribution is 2.36. The summed E-state index contributed by atoms with van der Waals surface area (Å²) >= 11 is 1.15. The molecule has 40 heavy (non-hydrogen) atoms. The van der Waals surface area contributed by atoms with Crippen molar-refractivity contribution in [3.63, 3.8) is 0 Å². The van der Waals surface area contributed by atoms with Crippen LogP contribution in [-0.2, 0) is 19.1 Å². The summed E-state index contributed by atoms with van der Waals surface area (Å²) in [6.07, 6.45) is 3.10. The number of hydrogen-bond acceptors (Lipinski definition) is 10. The second kappa shape index (κ2) is 12.0. The highest BCUT2D eigenvalue weighted by Gasteiger charge is 2.34. The van der Waals surface area contributed by atoms with E-state index in [2.05, 4.69) is 11.6 Å². The molecule has 1 atom stereocenters. The summed E-state index contributed by atoms with van der Waals surface area (Å²) in [6.45, 7) is 7.80. The Kier molecular flexibility index (Phi) is 8.44. The Hall–Kier alpha value is -4.77. The van der Waals surface area contributed by atoms with Gasteiger partial charge in [-0.2, -0.15) is 0 Å². The normalized spacial score (nSPS) is 14.6. The van der Waals surface area contributed by atoms with E-state index in [4.69, 9.17) is 18.9 Å². The van der Waals surface area contributed by atoms with Crippen LogP contribution in [-0.4, -0.2) is 36.2 Å². The van der Waals surface area contributed by atoms with Crippen LogP contribution in [0, 0.1) is 0 Å². The van der Waals surface area contributed by atoms with Crippen molar-refractivity contribution < 1.29 is 33.3 Å². The third kappa shape index (κ3) is 5.94. The molecule has 0 aliphatic carbocycles. The molecule has 3 aromatic rings. The van der Waals surface area contributed by atoms with E-state index < -0.39 is 29.5 Å². The van der Waals surface area contributed by atoms with Gasteiger partial charge in [0.2, 0.25) is 0 Å². The highest BCUT2D eigenvalue weighted by molar-refractivity contribution is 7.07. The molecule has 0 bridgehead atoms. The van der Waals surface area contributed by atoms with Gasteiger partial charge in [0.15, 0.2) is 16.3 Å². The number of methoxy groups -OCH3 is 1. The number of fused-ring (bicyclic) bond motifs is 1. The highest BCUT2D eigenvalue weighted by atomic mass is 32.1. The predicted octanol–water partition coefficient (Wildman–Crippen LogP) is 2.82. The summed E-state index contributed by atoms with van der Waals surface area (Å²) in [6, 6.07) is 10.6. The standard InChI is InChI=1S/C29H26N2O8S/c1-6-12-37-28(35)25-16(2)30-29-31(26(25)20-10-11-22(39-18(4)33)23(15-20)36-5)27(34)24(40-29)14-19-8-7-9-21(13-19)38-17(3)32/h6-11,13-15,26H,1,12H2,2-5H3/b24-14-. The van der Waals surface area contributed by atoms with E-state index in [1.807, 2.05) is 0 Å². The fraction of sp³-hybridized carbons (Fsp3) is 0.207. The van der Waals surface area contributed by atoms with E-state index in [1.165, 1.54) is 37.7 Å². The fourth-order valence-electron chi connectivity index (χ4n) is 4.19. The van der Waals surface area contributed by atoms with E-state index in [0.29, 0.717) is 31.9 Å². The van der Waals surface area contributed by atoms with Gasteiger partial charge in [-0.25, -0.2) is 9.79 Å². The smallest absolute Gasteiger partial charge is 0.338 e. The monoisotopic (exact) mass is 562 g/mol. The second-order valence-electron chi connectivity index (χ2n) is 8.64. The largest absolute Gasteiger partial charge is 0.493 e. The van der Waals surface area contributed by atoms with Crippen molar-refractivity contribution in [2.75, 3.05) is 13.7 Å². The Bertz CT molecular complexity index is 1730. The minimum atomic E-state index is -0.914. The zero-order chi connectivity index (χ0) is 29.0. The summed E-state index contributed by atoms with van der Waals surface area (Å²) in [5.74, 6) is -0.868. The van der Waals surface area contributed by atoms with E-state index in [1.54, 1.807) is 49.4 Å². The molecule has 1 aliphatic rings. The molecular weight excluding hydrogens is 536 g/mol. The number of nitrogens with zero attached hydrogens (tertiary/aromatic N) is 2. The van der Waals surface area contributed by atoms with Crippen LogP contribution in [0.1, 0.15) is 37.9 Å². The van der Waals surface area contributed by atoms with Crippen molar-refractivity contribution in [3.05, 3.63) is 97.2 Å². The van der Waals surface area contributed by atoms with Gasteiger partial charge in [-0.05, 0) is 48.4 Å². The molecule has 0 amide bonds. The van der Waals surface area contributed by atoms with E-state index in [-0.39, 0.29) is 23.7 Å². The molecule has 1 aromatic heterocycles. The third-order valence-corrected chi connectivity index (χ3v) is 6.73. The number of rotatable bonds is 8. The average molecular weight is 563 g/mol. The Labute approximate surface area is 233 Å². The van der Waals surface area contributed by atoms with Gasteiger partial charge < -0.3 is 18.9 Å². The molecule has 0 spiro atoms. The van der Waals surface area contributed by atoms with Crippen LogP contribution in [0.5, 0.6) is 17.2 Å². The van der Waals surface area contributed by atoms with Crippen LogP contribution in [0.4, 0.5) is 0 Å². The van der Waals surface area contributed by atoms with Crippen LogP contribution in [0.2, 0.25) is 0 Å². The Morgan fingerprint density at radius 1 is 1.07 bits per heavy atom. The number of thiazole rings is 1. The maximum Gasteiger partial charge on any atom is 0.338 e. The van der Waals surface area contributed by atoms with Crippen molar-refractivity contribution in [2.45, 2.75) is 26.8 Å². The van der Waals surface area contributed by atoms with Gasteiger partial charge in [0.25, 0.3) is 5.56 Å². The van der Waals surface area contributed by atoms with Crippen molar-refractivity contribution in [3.8, 4) is 17.2 Å². The third-order valence-electron chi connectivity index (χ3n) is 5.75. The lowest BCUT2D eigenvalue weighted by molar-refractivity contribution is -0.138. The number of aromatic nitrogens is 1. The van der Waals surface area contributed by atoms with Gasteiger partial charge in [0, 0.05) is 13.8 Å². The van der Waals surface area contributed by atoms with Gasteiger partial charge in [-0.1, -0.05) is 42.2 Å². The van der Waals surface area contributed by atoms with E-state index >= 15 is 0 Å². The Morgan fingerprint density at radius 2 is 1.82 bits per heavy atom. The summed E-state index contributed by atoms with van der Waals surface area (Å²) in [5, 5.41) is 0. The van der Waals surface area contributed by atoms with Gasteiger partial charge in [-0.15, -0.1) is 0 Å². The first-order valence-electron chi connectivity index (χ1n) is 12.1. The number of benzene rings is 2. The van der Waals surface area contributed by atoms with E-state index in [9.17, 15) is 19.2 Å². The minimum Gasteiger partial charge on any atom is -0.493 e. The molecule has 0 saturated heterocycles. The van der Waals surface area contributed by atoms with E-state index in [0.717, 1.165) is 11.3 Å². The molecule has 0 N–H and O–H groups in total. The number of ether oxygens (including phenoxy) is 4. The molecule has 4 rings (SSSR count).